The van der Waals surface area contributed by atoms with Crippen molar-refractivity contribution < 1.29 is 9.18 Å². The number of carbonyl (C=O) groups excluding carboxylic acids is 1. The van der Waals surface area contributed by atoms with Gasteiger partial charge in [-0.05, 0) is 43.0 Å². The zero-order valence-electron chi connectivity index (χ0n) is 10.3. The maximum absolute atomic E-state index is 12.9. The highest BCUT2D eigenvalue weighted by atomic mass is 19.1. The number of ketones is 1. The summed E-state index contributed by atoms with van der Waals surface area (Å²) in [5.41, 5.74) is 1.03. The van der Waals surface area contributed by atoms with E-state index in [2.05, 4.69) is 0 Å². The van der Waals surface area contributed by atoms with Gasteiger partial charge in [0.1, 0.15) is 11.7 Å². The topological polar surface area (TPSA) is 40.9 Å². The van der Waals surface area contributed by atoms with Crippen molar-refractivity contribution in [1.29, 1.82) is 5.26 Å². The van der Waals surface area contributed by atoms with Crippen molar-refractivity contribution in [1.82, 2.24) is 0 Å². The van der Waals surface area contributed by atoms with Crippen molar-refractivity contribution in [3.05, 3.63) is 35.1 Å². The van der Waals surface area contributed by atoms with E-state index in [1.807, 2.05) is 19.9 Å². The van der Waals surface area contributed by atoms with E-state index in [0.717, 1.165) is 0 Å². The van der Waals surface area contributed by atoms with Gasteiger partial charge in [-0.3, -0.25) is 4.79 Å². The van der Waals surface area contributed by atoms with E-state index in [9.17, 15) is 9.18 Å². The van der Waals surface area contributed by atoms with Crippen LogP contribution in [-0.4, -0.2) is 5.78 Å². The van der Waals surface area contributed by atoms with Gasteiger partial charge < -0.3 is 0 Å². The molecule has 1 aromatic carbocycles. The van der Waals surface area contributed by atoms with Crippen LogP contribution in [-0.2, 0) is 0 Å². The Balaban J connectivity index is 2.99. The zero-order chi connectivity index (χ0) is 13.0. The van der Waals surface area contributed by atoms with Crippen molar-refractivity contribution in [3.63, 3.8) is 0 Å². The van der Waals surface area contributed by atoms with Crippen LogP contribution in [0.2, 0.25) is 0 Å². The third-order valence-corrected chi connectivity index (χ3v) is 2.63. The lowest BCUT2D eigenvalue weighted by molar-refractivity contribution is 0.0936. The molecule has 1 atom stereocenters. The molecule has 90 valence electrons. The van der Waals surface area contributed by atoms with Gasteiger partial charge in [-0.2, -0.15) is 5.26 Å². The average Bonchev–Trinajstić information content (AvgIpc) is 2.24. The second-order valence-corrected chi connectivity index (χ2v) is 4.63. The monoisotopic (exact) mass is 233 g/mol. The summed E-state index contributed by atoms with van der Waals surface area (Å²) in [4.78, 5) is 12.1. The van der Waals surface area contributed by atoms with Gasteiger partial charge in [-0.1, -0.05) is 13.8 Å². The van der Waals surface area contributed by atoms with Gasteiger partial charge in [0.2, 0.25) is 0 Å². The standard InChI is InChI=1S/C14H16FNO/c1-9(2)6-11(8-16)14(17)13-5-4-12(15)7-10(13)3/h4-5,7,9,11H,6H2,1-3H3. The van der Waals surface area contributed by atoms with Gasteiger partial charge in [-0.25, -0.2) is 4.39 Å². The lowest BCUT2D eigenvalue weighted by Crippen LogP contribution is -2.16. The lowest BCUT2D eigenvalue weighted by Gasteiger charge is -2.12. The Morgan fingerprint density at radius 1 is 1.47 bits per heavy atom. The highest BCUT2D eigenvalue weighted by molar-refractivity contribution is 6.00. The van der Waals surface area contributed by atoms with Crippen LogP contribution in [0.1, 0.15) is 36.2 Å². The number of nitrogens with zero attached hydrogens (tertiary/aromatic N) is 1. The first-order valence-electron chi connectivity index (χ1n) is 5.65. The fourth-order valence-electron chi connectivity index (χ4n) is 1.78. The van der Waals surface area contributed by atoms with Crippen LogP contribution in [0.25, 0.3) is 0 Å². The maximum atomic E-state index is 12.9. The van der Waals surface area contributed by atoms with Crippen molar-refractivity contribution in [2.45, 2.75) is 27.2 Å². The normalized spacial score (nSPS) is 12.2. The van der Waals surface area contributed by atoms with Crippen LogP contribution in [0.3, 0.4) is 0 Å². The van der Waals surface area contributed by atoms with E-state index < -0.39 is 5.92 Å². The highest BCUT2D eigenvalue weighted by Gasteiger charge is 2.22. The lowest BCUT2D eigenvalue weighted by atomic mass is 9.89. The molecular formula is C14H16FNO. The molecule has 1 unspecified atom stereocenters. The molecule has 0 heterocycles. The van der Waals surface area contributed by atoms with Crippen LogP contribution in [0, 0.1) is 35.9 Å². The number of hydrogen-bond acceptors (Lipinski definition) is 2. The average molecular weight is 233 g/mol. The van der Waals surface area contributed by atoms with E-state index in [-0.39, 0.29) is 17.5 Å². The Hall–Kier alpha value is -1.69. The van der Waals surface area contributed by atoms with Gasteiger partial charge in [0.05, 0.1) is 6.07 Å². The molecule has 0 fully saturated rings. The van der Waals surface area contributed by atoms with Crippen molar-refractivity contribution in [2.75, 3.05) is 0 Å². The second-order valence-electron chi connectivity index (χ2n) is 4.63. The molecule has 0 saturated heterocycles. The van der Waals surface area contributed by atoms with Crippen molar-refractivity contribution in [2.24, 2.45) is 11.8 Å². The maximum Gasteiger partial charge on any atom is 0.180 e. The largest absolute Gasteiger partial charge is 0.293 e. The fourth-order valence-corrected chi connectivity index (χ4v) is 1.78. The number of nitriles is 1. The summed E-state index contributed by atoms with van der Waals surface area (Å²) >= 11 is 0. The number of halogens is 1. The molecule has 0 aromatic heterocycles. The summed E-state index contributed by atoms with van der Waals surface area (Å²) in [5.74, 6) is -0.932. The van der Waals surface area contributed by atoms with E-state index in [1.54, 1.807) is 6.92 Å². The van der Waals surface area contributed by atoms with Gasteiger partial charge in [0.15, 0.2) is 5.78 Å². The number of Topliss-reactive ketones (excluding diaryl/α,β-unsaturated/α-hetero) is 1. The first-order valence-corrected chi connectivity index (χ1v) is 5.65. The molecular weight excluding hydrogens is 217 g/mol. The van der Waals surface area contributed by atoms with Gasteiger partial charge in [0, 0.05) is 5.56 Å². The third kappa shape index (κ3) is 3.39. The Morgan fingerprint density at radius 2 is 2.12 bits per heavy atom. The summed E-state index contributed by atoms with van der Waals surface area (Å²) in [6.07, 6.45) is 0.534. The minimum Gasteiger partial charge on any atom is -0.293 e. The number of carbonyl (C=O) groups is 1. The Kier molecular flexibility index (Phi) is 4.39. The first-order chi connectivity index (χ1) is 7.95. The van der Waals surface area contributed by atoms with Crippen LogP contribution < -0.4 is 0 Å². The molecule has 0 spiro atoms. The molecule has 0 bridgehead atoms. The number of hydrogen-bond donors (Lipinski definition) is 0. The fraction of sp³-hybridized carbons (Fsp3) is 0.429. The predicted molar refractivity (Wildman–Crippen MR) is 64.0 cm³/mol. The first kappa shape index (κ1) is 13.4. The minimum atomic E-state index is -0.640. The molecule has 0 N–H and O–H groups in total. The zero-order valence-corrected chi connectivity index (χ0v) is 10.3. The van der Waals surface area contributed by atoms with Crippen LogP contribution >= 0.6 is 0 Å². The molecule has 0 aliphatic rings. The van der Waals surface area contributed by atoms with Crippen molar-refractivity contribution >= 4 is 5.78 Å². The Morgan fingerprint density at radius 3 is 2.59 bits per heavy atom. The second kappa shape index (κ2) is 5.58. The minimum absolute atomic E-state index is 0.210. The summed E-state index contributed by atoms with van der Waals surface area (Å²) in [7, 11) is 0. The molecule has 1 aromatic rings. The van der Waals surface area contributed by atoms with E-state index in [1.165, 1.54) is 18.2 Å². The van der Waals surface area contributed by atoms with Crippen LogP contribution in [0.4, 0.5) is 4.39 Å². The molecule has 0 radical (unpaired) electrons. The Bertz CT molecular complexity index is 460. The molecule has 17 heavy (non-hydrogen) atoms. The number of benzene rings is 1. The molecule has 0 amide bonds. The van der Waals surface area contributed by atoms with Crippen LogP contribution in [0.5, 0.6) is 0 Å². The summed E-state index contributed by atoms with van der Waals surface area (Å²) in [6.45, 7) is 5.62. The predicted octanol–water partition coefficient (Wildman–Crippen LogP) is 3.50. The van der Waals surface area contributed by atoms with Crippen molar-refractivity contribution in [3.8, 4) is 6.07 Å². The van der Waals surface area contributed by atoms with Gasteiger partial charge in [-0.15, -0.1) is 0 Å². The molecule has 0 saturated carbocycles. The Labute approximate surface area is 101 Å². The van der Waals surface area contributed by atoms with Gasteiger partial charge in [0.25, 0.3) is 0 Å². The smallest absolute Gasteiger partial charge is 0.180 e. The molecule has 1 rings (SSSR count). The third-order valence-electron chi connectivity index (χ3n) is 2.63. The molecule has 3 heteroatoms. The molecule has 0 aliphatic carbocycles. The molecule has 0 aliphatic heterocycles. The number of rotatable bonds is 4. The summed E-state index contributed by atoms with van der Waals surface area (Å²) in [6, 6.07) is 6.06. The highest BCUT2D eigenvalue weighted by Crippen LogP contribution is 2.19. The van der Waals surface area contributed by atoms with E-state index >= 15 is 0 Å². The molecule has 2 nitrogen and oxygen atoms in total. The quantitative estimate of drug-likeness (QED) is 0.747. The van der Waals surface area contributed by atoms with Crippen LogP contribution in [0.15, 0.2) is 18.2 Å². The summed E-state index contributed by atoms with van der Waals surface area (Å²) < 4.78 is 12.9. The summed E-state index contributed by atoms with van der Waals surface area (Å²) in [5, 5.41) is 9.01. The SMILES string of the molecule is Cc1cc(F)ccc1C(=O)C(C#N)CC(C)C. The van der Waals surface area contributed by atoms with E-state index in [0.29, 0.717) is 17.5 Å². The number of aryl methyl sites for hydroxylation is 1. The van der Waals surface area contributed by atoms with Gasteiger partial charge >= 0.3 is 0 Å². The van der Waals surface area contributed by atoms with E-state index in [4.69, 9.17) is 5.26 Å².